The summed E-state index contributed by atoms with van der Waals surface area (Å²) in [6, 6.07) is 18.1. The molecule has 1 aliphatic heterocycles. The molecule has 2 amide bonds. The number of hydrazone groups is 1. The van der Waals surface area contributed by atoms with Crippen molar-refractivity contribution in [3.8, 4) is 11.3 Å². The van der Waals surface area contributed by atoms with Crippen LogP contribution >= 0.6 is 23.2 Å². The van der Waals surface area contributed by atoms with Gasteiger partial charge in [0.15, 0.2) is 0 Å². The smallest absolute Gasteiger partial charge is 0.253 e. The molecular formula is C22H17Cl2N3O3. The molecule has 1 saturated heterocycles. The number of carbonyl (C=O) groups excluding carboxylic acids is 2. The summed E-state index contributed by atoms with van der Waals surface area (Å²) in [5.41, 5.74) is 4.01. The Morgan fingerprint density at radius 1 is 1.10 bits per heavy atom. The third kappa shape index (κ3) is 4.10. The summed E-state index contributed by atoms with van der Waals surface area (Å²) in [6.07, 6.45) is 1.37. The largest absolute Gasteiger partial charge is 0.455 e. The molecule has 2 atom stereocenters. The van der Waals surface area contributed by atoms with E-state index in [1.54, 1.807) is 30.3 Å². The Labute approximate surface area is 182 Å². The van der Waals surface area contributed by atoms with Gasteiger partial charge in [0.25, 0.3) is 5.91 Å². The number of nitrogens with one attached hydrogen (secondary N) is 2. The molecule has 2 N–H and O–H groups in total. The van der Waals surface area contributed by atoms with Crippen molar-refractivity contribution in [2.24, 2.45) is 11.0 Å². The zero-order valence-corrected chi connectivity index (χ0v) is 17.2. The first kappa shape index (κ1) is 20.2. The first-order valence-electron chi connectivity index (χ1n) is 9.24. The fourth-order valence-electron chi connectivity index (χ4n) is 3.42. The van der Waals surface area contributed by atoms with Gasteiger partial charge in [0.1, 0.15) is 17.4 Å². The summed E-state index contributed by atoms with van der Waals surface area (Å²) in [7, 11) is 0. The zero-order chi connectivity index (χ0) is 21.1. The summed E-state index contributed by atoms with van der Waals surface area (Å²) in [5, 5.41) is 7.50. The molecule has 152 valence electrons. The Balaban J connectivity index is 1.44. The molecule has 6 nitrogen and oxygen atoms in total. The van der Waals surface area contributed by atoms with Crippen molar-refractivity contribution in [3.05, 3.63) is 82.0 Å². The molecule has 0 aliphatic carbocycles. The summed E-state index contributed by atoms with van der Waals surface area (Å²) < 4.78 is 5.70. The number of rotatable bonds is 5. The van der Waals surface area contributed by atoms with Crippen LogP contribution in [0, 0.1) is 5.92 Å². The van der Waals surface area contributed by atoms with E-state index in [4.69, 9.17) is 27.6 Å². The van der Waals surface area contributed by atoms with Gasteiger partial charge in [-0.25, -0.2) is 5.43 Å². The quantitative estimate of drug-likeness (QED) is 0.352. The first-order chi connectivity index (χ1) is 14.5. The fraction of sp³-hybridized carbons (Fsp3) is 0.136. The summed E-state index contributed by atoms with van der Waals surface area (Å²) in [5.74, 6) is -0.935. The molecule has 4 rings (SSSR count). The van der Waals surface area contributed by atoms with Crippen molar-refractivity contribution >= 4 is 41.2 Å². The summed E-state index contributed by atoms with van der Waals surface area (Å²) in [4.78, 5) is 24.8. The van der Waals surface area contributed by atoms with Crippen LogP contribution < -0.4 is 10.7 Å². The molecule has 3 aromatic rings. The number of furan rings is 1. The van der Waals surface area contributed by atoms with Crippen LogP contribution in [0.2, 0.25) is 10.0 Å². The molecule has 1 fully saturated rings. The minimum atomic E-state index is -0.845. The van der Waals surface area contributed by atoms with Crippen molar-refractivity contribution < 1.29 is 14.0 Å². The minimum absolute atomic E-state index is 0.242. The van der Waals surface area contributed by atoms with E-state index in [0.717, 1.165) is 5.56 Å². The fourth-order valence-corrected chi connectivity index (χ4v) is 3.82. The third-order valence-electron chi connectivity index (χ3n) is 4.90. The average Bonchev–Trinajstić information content (AvgIpc) is 3.37. The van der Waals surface area contributed by atoms with Gasteiger partial charge in [0, 0.05) is 18.0 Å². The standard InChI is InChI=1S/C22H17Cl2N3O3/c23-17-8-4-7-15(20(17)24)18-10-9-14(30-18)11-26-27-22(29)19-16(12-25-21(19)28)13-5-2-1-3-6-13/h1-11,16,19H,12H2,(H,25,28)(H,27,29)/b26-11-/t16-,19+/m0/s1. The van der Waals surface area contributed by atoms with Gasteiger partial charge in [-0.05, 0) is 29.8 Å². The van der Waals surface area contributed by atoms with Crippen LogP contribution in [-0.2, 0) is 9.59 Å². The highest BCUT2D eigenvalue weighted by Crippen LogP contribution is 2.34. The number of amides is 2. The molecule has 0 saturated carbocycles. The molecule has 0 unspecified atom stereocenters. The van der Waals surface area contributed by atoms with Gasteiger partial charge >= 0.3 is 0 Å². The van der Waals surface area contributed by atoms with E-state index in [0.29, 0.717) is 33.7 Å². The Bertz CT molecular complexity index is 1110. The number of hydrogen-bond donors (Lipinski definition) is 2. The predicted octanol–water partition coefficient (Wildman–Crippen LogP) is 4.23. The molecule has 0 spiro atoms. The number of hydrogen-bond acceptors (Lipinski definition) is 4. The first-order valence-corrected chi connectivity index (χ1v) is 10.00. The maximum atomic E-state index is 12.6. The van der Waals surface area contributed by atoms with E-state index in [1.807, 2.05) is 30.3 Å². The molecule has 2 aromatic carbocycles. The normalized spacial score (nSPS) is 18.5. The lowest BCUT2D eigenvalue weighted by atomic mass is 9.88. The topological polar surface area (TPSA) is 83.7 Å². The van der Waals surface area contributed by atoms with E-state index in [9.17, 15) is 9.59 Å². The van der Waals surface area contributed by atoms with Gasteiger partial charge in [-0.1, -0.05) is 59.6 Å². The zero-order valence-electron chi connectivity index (χ0n) is 15.6. The highest BCUT2D eigenvalue weighted by atomic mass is 35.5. The van der Waals surface area contributed by atoms with Gasteiger partial charge in [0.05, 0.1) is 16.3 Å². The Hall–Kier alpha value is -3.09. The molecule has 1 aromatic heterocycles. The van der Waals surface area contributed by atoms with Crippen molar-refractivity contribution in [2.75, 3.05) is 6.54 Å². The van der Waals surface area contributed by atoms with Crippen LogP contribution in [0.1, 0.15) is 17.2 Å². The summed E-state index contributed by atoms with van der Waals surface area (Å²) in [6.45, 7) is 0.409. The lowest BCUT2D eigenvalue weighted by Gasteiger charge is -2.15. The molecule has 8 heteroatoms. The number of carbonyl (C=O) groups is 2. The van der Waals surface area contributed by atoms with Gasteiger partial charge in [-0.3, -0.25) is 9.59 Å². The second-order valence-corrected chi connectivity index (χ2v) is 7.56. The number of halogens is 2. The van der Waals surface area contributed by atoms with Crippen LogP contribution in [0.4, 0.5) is 0 Å². The van der Waals surface area contributed by atoms with Crippen LogP contribution in [-0.4, -0.2) is 24.6 Å². The maximum Gasteiger partial charge on any atom is 0.253 e. The second-order valence-electron chi connectivity index (χ2n) is 6.78. The van der Waals surface area contributed by atoms with Crippen LogP contribution in [0.15, 0.2) is 70.2 Å². The Morgan fingerprint density at radius 3 is 2.70 bits per heavy atom. The van der Waals surface area contributed by atoms with Crippen LogP contribution in [0.3, 0.4) is 0 Å². The van der Waals surface area contributed by atoms with Crippen molar-refractivity contribution in [1.29, 1.82) is 0 Å². The molecule has 0 bridgehead atoms. The molecule has 30 heavy (non-hydrogen) atoms. The average molecular weight is 442 g/mol. The molecule has 1 aliphatic rings. The highest BCUT2D eigenvalue weighted by molar-refractivity contribution is 6.43. The lowest BCUT2D eigenvalue weighted by Crippen LogP contribution is -2.34. The molecular weight excluding hydrogens is 425 g/mol. The monoisotopic (exact) mass is 441 g/mol. The lowest BCUT2D eigenvalue weighted by molar-refractivity contribution is -0.133. The minimum Gasteiger partial charge on any atom is -0.455 e. The third-order valence-corrected chi connectivity index (χ3v) is 5.72. The Morgan fingerprint density at radius 2 is 1.90 bits per heavy atom. The maximum absolute atomic E-state index is 12.6. The van der Waals surface area contributed by atoms with Crippen molar-refractivity contribution in [1.82, 2.24) is 10.7 Å². The Kier molecular flexibility index (Phi) is 5.88. The summed E-state index contributed by atoms with van der Waals surface area (Å²) >= 11 is 12.3. The number of nitrogens with zero attached hydrogens (tertiary/aromatic N) is 1. The van der Waals surface area contributed by atoms with E-state index >= 15 is 0 Å². The predicted molar refractivity (Wildman–Crippen MR) is 116 cm³/mol. The van der Waals surface area contributed by atoms with Crippen molar-refractivity contribution in [2.45, 2.75) is 5.92 Å². The SMILES string of the molecule is O=C1NC[C@@H](c2ccccc2)[C@H]1C(=O)N/N=C\c1ccc(-c2cccc(Cl)c2Cl)o1. The van der Waals surface area contributed by atoms with E-state index in [-0.39, 0.29) is 11.8 Å². The van der Waals surface area contributed by atoms with Gasteiger partial charge < -0.3 is 9.73 Å². The van der Waals surface area contributed by atoms with Crippen molar-refractivity contribution in [3.63, 3.8) is 0 Å². The van der Waals surface area contributed by atoms with Gasteiger partial charge in [-0.15, -0.1) is 0 Å². The second kappa shape index (κ2) is 8.73. The highest BCUT2D eigenvalue weighted by Gasteiger charge is 2.40. The van der Waals surface area contributed by atoms with Gasteiger partial charge in [-0.2, -0.15) is 5.10 Å². The molecule has 0 radical (unpaired) electrons. The van der Waals surface area contributed by atoms with Crippen LogP contribution in [0.25, 0.3) is 11.3 Å². The van der Waals surface area contributed by atoms with E-state index in [2.05, 4.69) is 15.8 Å². The van der Waals surface area contributed by atoms with Gasteiger partial charge in [0.2, 0.25) is 5.91 Å². The molecule has 2 heterocycles. The van der Waals surface area contributed by atoms with E-state index < -0.39 is 11.8 Å². The van der Waals surface area contributed by atoms with Crippen LogP contribution in [0.5, 0.6) is 0 Å². The number of benzene rings is 2. The van der Waals surface area contributed by atoms with E-state index in [1.165, 1.54) is 6.21 Å².